The van der Waals surface area contributed by atoms with Gasteiger partial charge in [0, 0.05) is 5.56 Å². The Labute approximate surface area is 188 Å². The first-order valence-electron chi connectivity index (χ1n) is 10.3. The summed E-state index contributed by atoms with van der Waals surface area (Å²) in [6.45, 7) is 3.35. The predicted molar refractivity (Wildman–Crippen MR) is 120 cm³/mol. The van der Waals surface area contributed by atoms with Gasteiger partial charge in [-0.15, -0.1) is 0 Å². The van der Waals surface area contributed by atoms with Crippen LogP contribution in [-0.4, -0.2) is 45.2 Å². The van der Waals surface area contributed by atoms with Gasteiger partial charge in [-0.2, -0.15) is 0 Å². The smallest absolute Gasteiger partial charge is 0.325 e. The van der Waals surface area contributed by atoms with Crippen LogP contribution in [0.4, 0.5) is 0 Å². The van der Waals surface area contributed by atoms with E-state index in [1.165, 1.54) is 20.3 Å². The Morgan fingerprint density at radius 3 is 2.25 bits per heavy atom. The second-order valence-electron chi connectivity index (χ2n) is 7.57. The van der Waals surface area contributed by atoms with Crippen molar-refractivity contribution in [2.75, 3.05) is 27.4 Å². The first-order valence-corrected chi connectivity index (χ1v) is 10.3. The average molecular weight is 443 g/mol. The number of rotatable bonds is 11. The van der Waals surface area contributed by atoms with Crippen molar-refractivity contribution >= 4 is 17.8 Å². The quantitative estimate of drug-likeness (QED) is 0.519. The highest BCUT2D eigenvalue weighted by atomic mass is 16.5. The number of ether oxygens (including phenoxy) is 3. The van der Waals surface area contributed by atoms with Crippen molar-refractivity contribution in [3.63, 3.8) is 0 Å². The third-order valence-electron chi connectivity index (χ3n) is 4.65. The van der Waals surface area contributed by atoms with Crippen LogP contribution in [-0.2, 0) is 14.3 Å². The second kappa shape index (κ2) is 12.3. The maximum absolute atomic E-state index is 12.3. The molecule has 0 fully saturated rings. The van der Waals surface area contributed by atoms with E-state index in [4.69, 9.17) is 14.2 Å². The van der Waals surface area contributed by atoms with Gasteiger partial charge in [0.25, 0.3) is 11.8 Å². The SMILES string of the molecule is COc1ccc(C(=O)NCC(=O)OCC(=O)NC(CC(C)C)c2ccccc2)cc1OC. The van der Waals surface area contributed by atoms with E-state index in [2.05, 4.69) is 24.5 Å². The van der Waals surface area contributed by atoms with Crippen LogP contribution in [0.2, 0.25) is 0 Å². The predicted octanol–water partition coefficient (Wildman–Crippen LogP) is 2.88. The van der Waals surface area contributed by atoms with E-state index in [9.17, 15) is 14.4 Å². The van der Waals surface area contributed by atoms with Crippen LogP contribution in [0, 0.1) is 5.92 Å². The van der Waals surface area contributed by atoms with Crippen molar-refractivity contribution in [3.05, 3.63) is 59.7 Å². The third-order valence-corrected chi connectivity index (χ3v) is 4.65. The largest absolute Gasteiger partial charge is 0.493 e. The molecule has 2 rings (SSSR count). The summed E-state index contributed by atoms with van der Waals surface area (Å²) in [5.41, 5.74) is 1.29. The molecule has 0 aromatic heterocycles. The zero-order valence-electron chi connectivity index (χ0n) is 18.8. The molecular weight excluding hydrogens is 412 g/mol. The molecule has 2 aromatic carbocycles. The van der Waals surface area contributed by atoms with Crippen LogP contribution in [0.3, 0.4) is 0 Å². The number of amides is 2. The Bertz CT molecular complexity index is 914. The van der Waals surface area contributed by atoms with Gasteiger partial charge in [0.15, 0.2) is 18.1 Å². The summed E-state index contributed by atoms with van der Waals surface area (Å²) in [5.74, 6) is -0.342. The lowest BCUT2D eigenvalue weighted by Crippen LogP contribution is -2.35. The summed E-state index contributed by atoms with van der Waals surface area (Å²) in [6, 6.07) is 14.1. The summed E-state index contributed by atoms with van der Waals surface area (Å²) in [7, 11) is 2.96. The minimum Gasteiger partial charge on any atom is -0.493 e. The Morgan fingerprint density at radius 1 is 0.938 bits per heavy atom. The molecule has 0 aliphatic heterocycles. The third kappa shape index (κ3) is 7.61. The fourth-order valence-electron chi connectivity index (χ4n) is 3.10. The highest BCUT2D eigenvalue weighted by Crippen LogP contribution is 2.27. The van der Waals surface area contributed by atoms with Crippen LogP contribution in [0.5, 0.6) is 11.5 Å². The number of hydrogen-bond donors (Lipinski definition) is 2. The van der Waals surface area contributed by atoms with Crippen LogP contribution >= 0.6 is 0 Å². The maximum Gasteiger partial charge on any atom is 0.325 e. The molecule has 8 nitrogen and oxygen atoms in total. The first-order chi connectivity index (χ1) is 15.3. The van der Waals surface area contributed by atoms with Crippen molar-refractivity contribution in [2.45, 2.75) is 26.3 Å². The number of carbonyl (C=O) groups is 3. The average Bonchev–Trinajstić information content (AvgIpc) is 2.80. The van der Waals surface area contributed by atoms with E-state index >= 15 is 0 Å². The van der Waals surface area contributed by atoms with Crippen LogP contribution < -0.4 is 20.1 Å². The molecule has 172 valence electrons. The number of carbonyl (C=O) groups excluding carboxylic acids is 3. The molecule has 0 aliphatic rings. The monoisotopic (exact) mass is 442 g/mol. The van der Waals surface area contributed by atoms with Crippen LogP contribution in [0.15, 0.2) is 48.5 Å². The second-order valence-corrected chi connectivity index (χ2v) is 7.57. The molecule has 1 unspecified atom stereocenters. The molecule has 2 N–H and O–H groups in total. The molecule has 0 radical (unpaired) electrons. The molecule has 0 bridgehead atoms. The van der Waals surface area contributed by atoms with Gasteiger partial charge in [-0.1, -0.05) is 44.2 Å². The zero-order chi connectivity index (χ0) is 23.5. The van der Waals surface area contributed by atoms with E-state index in [-0.39, 0.29) is 12.6 Å². The Kier molecular flexibility index (Phi) is 9.53. The molecule has 2 aromatic rings. The molecule has 0 heterocycles. The first kappa shape index (κ1) is 24.7. The summed E-state index contributed by atoms with van der Waals surface area (Å²) in [4.78, 5) is 36.5. The fraction of sp³-hybridized carbons (Fsp3) is 0.375. The molecule has 0 spiro atoms. The van der Waals surface area contributed by atoms with Gasteiger partial charge < -0.3 is 24.8 Å². The molecule has 0 saturated heterocycles. The minimum absolute atomic E-state index is 0.174. The van der Waals surface area contributed by atoms with Gasteiger partial charge >= 0.3 is 5.97 Å². The molecule has 32 heavy (non-hydrogen) atoms. The summed E-state index contributed by atoms with van der Waals surface area (Å²) >= 11 is 0. The van der Waals surface area contributed by atoms with Gasteiger partial charge in [0.1, 0.15) is 6.54 Å². The van der Waals surface area contributed by atoms with Gasteiger partial charge in [-0.05, 0) is 36.1 Å². The normalized spacial score (nSPS) is 11.4. The van der Waals surface area contributed by atoms with Crippen molar-refractivity contribution in [3.8, 4) is 11.5 Å². The van der Waals surface area contributed by atoms with E-state index in [0.717, 1.165) is 12.0 Å². The Balaban J connectivity index is 1.83. The molecule has 0 saturated carbocycles. The Morgan fingerprint density at radius 2 is 1.62 bits per heavy atom. The van der Waals surface area contributed by atoms with Gasteiger partial charge in [-0.25, -0.2) is 0 Å². The Hall–Kier alpha value is -3.55. The molecule has 8 heteroatoms. The number of methoxy groups -OCH3 is 2. The maximum atomic E-state index is 12.3. The van der Waals surface area contributed by atoms with Crippen molar-refractivity contribution in [1.82, 2.24) is 10.6 Å². The van der Waals surface area contributed by atoms with E-state index in [0.29, 0.717) is 23.0 Å². The fourth-order valence-corrected chi connectivity index (χ4v) is 3.10. The van der Waals surface area contributed by atoms with Crippen LogP contribution in [0.25, 0.3) is 0 Å². The van der Waals surface area contributed by atoms with E-state index in [1.807, 2.05) is 30.3 Å². The van der Waals surface area contributed by atoms with Crippen molar-refractivity contribution in [1.29, 1.82) is 0 Å². The summed E-state index contributed by atoms with van der Waals surface area (Å²) in [5, 5.41) is 5.37. The van der Waals surface area contributed by atoms with Crippen molar-refractivity contribution in [2.24, 2.45) is 5.92 Å². The number of nitrogens with one attached hydrogen (secondary N) is 2. The van der Waals surface area contributed by atoms with Crippen LogP contribution in [0.1, 0.15) is 42.2 Å². The standard InChI is InChI=1S/C24H30N2O6/c1-16(2)12-19(17-8-6-5-7-9-17)26-22(27)15-32-23(28)14-25-24(29)18-10-11-20(30-3)21(13-18)31-4/h5-11,13,16,19H,12,14-15H2,1-4H3,(H,25,29)(H,26,27). The highest BCUT2D eigenvalue weighted by molar-refractivity contribution is 5.96. The van der Waals surface area contributed by atoms with Gasteiger partial charge in [0.2, 0.25) is 0 Å². The van der Waals surface area contributed by atoms with Crippen molar-refractivity contribution < 1.29 is 28.6 Å². The lowest BCUT2D eigenvalue weighted by atomic mass is 9.97. The lowest BCUT2D eigenvalue weighted by molar-refractivity contribution is -0.147. The van der Waals surface area contributed by atoms with E-state index < -0.39 is 24.4 Å². The number of benzene rings is 2. The number of hydrogen-bond acceptors (Lipinski definition) is 6. The minimum atomic E-state index is -0.714. The highest BCUT2D eigenvalue weighted by Gasteiger charge is 2.18. The molecule has 1 atom stereocenters. The zero-order valence-corrected chi connectivity index (χ0v) is 18.8. The molecular formula is C24H30N2O6. The molecule has 2 amide bonds. The molecule has 0 aliphatic carbocycles. The van der Waals surface area contributed by atoms with Gasteiger partial charge in [0.05, 0.1) is 20.3 Å². The van der Waals surface area contributed by atoms with Gasteiger partial charge in [-0.3, -0.25) is 14.4 Å². The topological polar surface area (TPSA) is 103 Å². The summed E-state index contributed by atoms with van der Waals surface area (Å²) < 4.78 is 15.3. The lowest BCUT2D eigenvalue weighted by Gasteiger charge is -2.21. The van der Waals surface area contributed by atoms with E-state index in [1.54, 1.807) is 12.1 Å². The summed E-state index contributed by atoms with van der Waals surface area (Å²) in [6.07, 6.45) is 0.755. The number of esters is 1.